The van der Waals surface area contributed by atoms with Crippen LogP contribution in [0.5, 0.6) is 0 Å². The quantitative estimate of drug-likeness (QED) is 0.905. The van der Waals surface area contributed by atoms with E-state index in [2.05, 4.69) is 15.4 Å². The molecule has 1 aliphatic heterocycles. The Labute approximate surface area is 142 Å². The first-order valence-electron chi connectivity index (χ1n) is 8.25. The van der Waals surface area contributed by atoms with Gasteiger partial charge in [-0.25, -0.2) is 0 Å². The van der Waals surface area contributed by atoms with Crippen molar-refractivity contribution < 1.29 is 18.0 Å². The highest BCUT2D eigenvalue weighted by molar-refractivity contribution is 5.92. The number of carbonyl (C=O) groups is 1. The number of nitrogens with one attached hydrogen (secondary N) is 1. The molecule has 132 valence electrons. The largest absolute Gasteiger partial charge is 0.416 e. The maximum absolute atomic E-state index is 13.2. The lowest BCUT2D eigenvalue weighted by molar-refractivity contribution is -0.138. The molecule has 1 aliphatic carbocycles. The van der Waals surface area contributed by atoms with Crippen molar-refractivity contribution in [2.24, 2.45) is 11.8 Å². The van der Waals surface area contributed by atoms with Crippen LogP contribution in [0.3, 0.4) is 0 Å². The number of halogens is 3. The van der Waals surface area contributed by atoms with Crippen molar-refractivity contribution in [3.63, 3.8) is 0 Å². The van der Waals surface area contributed by atoms with Gasteiger partial charge in [0.2, 0.25) is 0 Å². The first-order valence-corrected chi connectivity index (χ1v) is 8.25. The topological polar surface area (TPSA) is 61.9 Å². The predicted octanol–water partition coefficient (Wildman–Crippen LogP) is 3.09. The molecule has 8 heteroatoms. The summed E-state index contributed by atoms with van der Waals surface area (Å²) in [7, 11) is 0. The minimum atomic E-state index is -4.33. The Morgan fingerprint density at radius 1 is 1.16 bits per heavy atom. The highest BCUT2D eigenvalue weighted by Gasteiger charge is 2.45. The van der Waals surface area contributed by atoms with E-state index in [0.29, 0.717) is 31.5 Å². The molecule has 1 aromatic heterocycles. The molecule has 2 fully saturated rings. The average molecular weight is 350 g/mol. The number of amides is 1. The van der Waals surface area contributed by atoms with Crippen molar-refractivity contribution in [1.82, 2.24) is 20.3 Å². The first-order chi connectivity index (χ1) is 11.9. The summed E-state index contributed by atoms with van der Waals surface area (Å²) >= 11 is 0. The minimum absolute atomic E-state index is 0.0999. The van der Waals surface area contributed by atoms with Crippen LogP contribution >= 0.6 is 0 Å². The molecular weight excluding hydrogens is 333 g/mol. The maximum atomic E-state index is 13.2. The molecule has 2 heterocycles. The molecule has 1 N–H and O–H groups in total. The van der Waals surface area contributed by atoms with Gasteiger partial charge in [-0.15, -0.1) is 5.10 Å². The van der Waals surface area contributed by atoms with E-state index in [1.165, 1.54) is 12.3 Å². The van der Waals surface area contributed by atoms with Gasteiger partial charge in [0.25, 0.3) is 5.91 Å². The zero-order valence-corrected chi connectivity index (χ0v) is 13.3. The summed E-state index contributed by atoms with van der Waals surface area (Å²) in [6.07, 6.45) is -1.51. The Bertz CT molecular complexity index is 760. The number of carbonyl (C=O) groups excluding carboxylic acids is 1. The molecule has 1 amide bonds. The second-order valence-corrected chi connectivity index (χ2v) is 6.84. The number of aromatic amines is 1. The SMILES string of the molecule is O=C(c1c[nH]nn1)N1C[C@H]2CC(c3ccccc3C(F)(F)F)C[C@H]2C1. The van der Waals surface area contributed by atoms with E-state index in [4.69, 9.17) is 0 Å². The highest BCUT2D eigenvalue weighted by Crippen LogP contribution is 2.48. The third-order valence-corrected chi connectivity index (χ3v) is 5.38. The van der Waals surface area contributed by atoms with Gasteiger partial charge in [-0.1, -0.05) is 23.4 Å². The molecule has 5 nitrogen and oxygen atoms in total. The highest BCUT2D eigenvalue weighted by atomic mass is 19.4. The third-order valence-electron chi connectivity index (χ3n) is 5.38. The normalized spacial score (nSPS) is 26.0. The molecule has 0 radical (unpaired) electrons. The molecule has 0 bridgehead atoms. The zero-order valence-electron chi connectivity index (χ0n) is 13.3. The Balaban J connectivity index is 1.48. The van der Waals surface area contributed by atoms with E-state index in [1.807, 2.05) is 0 Å². The first kappa shape index (κ1) is 16.1. The van der Waals surface area contributed by atoms with Crippen molar-refractivity contribution in [3.8, 4) is 0 Å². The molecule has 2 aliphatic rings. The molecule has 2 aromatic rings. The van der Waals surface area contributed by atoms with E-state index in [-0.39, 0.29) is 29.4 Å². The lowest BCUT2D eigenvalue weighted by Crippen LogP contribution is -2.30. The Kier molecular flexibility index (Phi) is 3.77. The van der Waals surface area contributed by atoms with Crippen molar-refractivity contribution in [3.05, 3.63) is 47.3 Å². The van der Waals surface area contributed by atoms with E-state index in [9.17, 15) is 18.0 Å². The second kappa shape index (κ2) is 5.86. The molecule has 1 aromatic carbocycles. The molecule has 0 spiro atoms. The minimum Gasteiger partial charge on any atom is -0.337 e. The van der Waals surface area contributed by atoms with Crippen molar-refractivity contribution in [2.75, 3.05) is 13.1 Å². The third kappa shape index (κ3) is 2.89. The fourth-order valence-electron chi connectivity index (χ4n) is 4.30. The van der Waals surface area contributed by atoms with Crippen molar-refractivity contribution >= 4 is 5.91 Å². The number of H-pyrrole nitrogens is 1. The lowest BCUT2D eigenvalue weighted by Gasteiger charge is -2.21. The average Bonchev–Trinajstić information content (AvgIpc) is 3.29. The molecule has 25 heavy (non-hydrogen) atoms. The van der Waals surface area contributed by atoms with Gasteiger partial charge in [0.05, 0.1) is 11.8 Å². The summed E-state index contributed by atoms with van der Waals surface area (Å²) in [4.78, 5) is 14.1. The maximum Gasteiger partial charge on any atom is 0.416 e. The van der Waals surface area contributed by atoms with Gasteiger partial charge in [0, 0.05) is 13.1 Å². The molecule has 1 unspecified atom stereocenters. The molecular formula is C17H17F3N4O. The Hall–Kier alpha value is -2.38. The smallest absolute Gasteiger partial charge is 0.337 e. The number of benzene rings is 1. The van der Waals surface area contributed by atoms with Gasteiger partial charge in [-0.3, -0.25) is 9.89 Å². The van der Waals surface area contributed by atoms with Crippen LogP contribution in [0.1, 0.15) is 40.4 Å². The van der Waals surface area contributed by atoms with Gasteiger partial charge in [-0.05, 0) is 42.2 Å². The van der Waals surface area contributed by atoms with Crippen LogP contribution in [-0.2, 0) is 6.18 Å². The van der Waals surface area contributed by atoms with Gasteiger partial charge in [0.15, 0.2) is 5.69 Å². The molecule has 3 atom stereocenters. The van der Waals surface area contributed by atoms with Crippen molar-refractivity contribution in [2.45, 2.75) is 24.9 Å². The van der Waals surface area contributed by atoms with Crippen LogP contribution in [0.2, 0.25) is 0 Å². The molecule has 1 saturated carbocycles. The fourth-order valence-corrected chi connectivity index (χ4v) is 4.30. The van der Waals surface area contributed by atoms with E-state index in [1.54, 1.807) is 17.0 Å². The van der Waals surface area contributed by atoms with Crippen LogP contribution < -0.4 is 0 Å². The van der Waals surface area contributed by atoms with E-state index >= 15 is 0 Å². The number of likely N-dealkylation sites (tertiary alicyclic amines) is 1. The van der Waals surface area contributed by atoms with Crippen LogP contribution in [0.15, 0.2) is 30.5 Å². The molecule has 4 rings (SSSR count). The van der Waals surface area contributed by atoms with Gasteiger partial charge in [0.1, 0.15) is 0 Å². The number of hydrogen-bond acceptors (Lipinski definition) is 3. The number of aromatic nitrogens is 3. The fraction of sp³-hybridized carbons (Fsp3) is 0.471. The van der Waals surface area contributed by atoms with Gasteiger partial charge < -0.3 is 4.90 Å². The predicted molar refractivity (Wildman–Crippen MR) is 82.7 cm³/mol. The van der Waals surface area contributed by atoms with E-state index in [0.717, 1.165) is 6.07 Å². The summed E-state index contributed by atoms with van der Waals surface area (Å²) < 4.78 is 39.7. The Morgan fingerprint density at radius 3 is 2.44 bits per heavy atom. The van der Waals surface area contributed by atoms with Gasteiger partial charge in [-0.2, -0.15) is 13.2 Å². The molecule has 1 saturated heterocycles. The number of hydrogen-bond donors (Lipinski definition) is 1. The summed E-state index contributed by atoms with van der Waals surface area (Å²) in [5.74, 6) is 0.205. The number of alkyl halides is 3. The van der Waals surface area contributed by atoms with Gasteiger partial charge >= 0.3 is 6.18 Å². The summed E-state index contributed by atoms with van der Waals surface area (Å²) in [6, 6.07) is 5.84. The van der Waals surface area contributed by atoms with Crippen LogP contribution in [0, 0.1) is 11.8 Å². The number of fused-ring (bicyclic) bond motifs is 1. The Morgan fingerprint density at radius 2 is 1.84 bits per heavy atom. The van der Waals surface area contributed by atoms with Crippen molar-refractivity contribution in [1.29, 1.82) is 0 Å². The second-order valence-electron chi connectivity index (χ2n) is 6.84. The zero-order chi connectivity index (χ0) is 17.6. The van der Waals surface area contributed by atoms with Crippen LogP contribution in [-0.4, -0.2) is 39.3 Å². The summed E-state index contributed by atoms with van der Waals surface area (Å²) in [5.41, 5.74) is 0.133. The standard InChI is InChI=1S/C17H17F3N4O/c18-17(19,20)14-4-2-1-3-13(14)10-5-11-8-24(9-12(11)6-10)16(25)15-7-21-23-22-15/h1-4,7,10-12H,5-6,8-9H2,(H,21,22,23)/t10?,11-,12+. The van der Waals surface area contributed by atoms with E-state index < -0.39 is 11.7 Å². The number of nitrogens with zero attached hydrogens (tertiary/aromatic N) is 3. The lowest BCUT2D eigenvalue weighted by atomic mass is 9.91. The van der Waals surface area contributed by atoms with Crippen LogP contribution in [0.4, 0.5) is 13.2 Å². The number of rotatable bonds is 2. The van der Waals surface area contributed by atoms with Crippen LogP contribution in [0.25, 0.3) is 0 Å². The summed E-state index contributed by atoms with van der Waals surface area (Å²) in [6.45, 7) is 1.14. The summed E-state index contributed by atoms with van der Waals surface area (Å²) in [5, 5.41) is 9.79. The monoisotopic (exact) mass is 350 g/mol.